The molecule has 1 nitrogen and oxygen atoms in total. The molecule has 2 rings (SSSR count). The zero-order chi connectivity index (χ0) is 14.3. The number of benzene rings is 1. The molecule has 1 unspecified atom stereocenters. The molecule has 102 valence electrons. The minimum atomic E-state index is -2.19. The van der Waals surface area contributed by atoms with Gasteiger partial charge in [-0.15, -0.1) is 11.3 Å². The SMILES string of the molecule is Cc1sccc1C(N)c1c(F)c(F)c(F)c(F)c1F. The van der Waals surface area contributed by atoms with E-state index >= 15 is 0 Å². The number of rotatable bonds is 2. The second kappa shape index (κ2) is 4.90. The molecule has 0 saturated carbocycles. The van der Waals surface area contributed by atoms with E-state index in [0.29, 0.717) is 10.4 Å². The fourth-order valence-electron chi connectivity index (χ4n) is 1.77. The summed E-state index contributed by atoms with van der Waals surface area (Å²) in [4.78, 5) is 0.649. The van der Waals surface area contributed by atoms with E-state index in [1.165, 1.54) is 17.4 Å². The van der Waals surface area contributed by atoms with Gasteiger partial charge in [0.15, 0.2) is 23.3 Å². The van der Waals surface area contributed by atoms with Gasteiger partial charge in [0.2, 0.25) is 5.82 Å². The lowest BCUT2D eigenvalue weighted by Crippen LogP contribution is -2.19. The van der Waals surface area contributed by atoms with Crippen molar-refractivity contribution in [2.75, 3.05) is 0 Å². The van der Waals surface area contributed by atoms with Gasteiger partial charge in [0.1, 0.15) is 0 Å². The van der Waals surface area contributed by atoms with Crippen LogP contribution in [0.4, 0.5) is 22.0 Å². The molecule has 0 aliphatic heterocycles. The standard InChI is InChI=1S/C12H8F5NS/c1-4-5(2-3-19-4)12(18)6-7(13)9(15)11(17)10(16)8(6)14/h2-3,12H,18H2,1H3. The molecule has 0 radical (unpaired) electrons. The van der Waals surface area contributed by atoms with Gasteiger partial charge in [0.05, 0.1) is 11.6 Å². The van der Waals surface area contributed by atoms with E-state index in [1.807, 2.05) is 0 Å². The second-order valence-corrected chi connectivity index (χ2v) is 5.01. The summed E-state index contributed by atoms with van der Waals surface area (Å²) in [6, 6.07) is 0.0822. The molecule has 0 spiro atoms. The van der Waals surface area contributed by atoms with E-state index in [1.54, 1.807) is 12.3 Å². The first-order chi connectivity index (χ1) is 8.86. The molecule has 19 heavy (non-hydrogen) atoms. The summed E-state index contributed by atoms with van der Waals surface area (Å²) in [7, 11) is 0. The van der Waals surface area contributed by atoms with Crippen LogP contribution in [0.5, 0.6) is 0 Å². The van der Waals surface area contributed by atoms with Crippen LogP contribution in [0.3, 0.4) is 0 Å². The molecule has 2 N–H and O–H groups in total. The van der Waals surface area contributed by atoms with E-state index in [-0.39, 0.29) is 0 Å². The maximum absolute atomic E-state index is 13.6. The monoisotopic (exact) mass is 293 g/mol. The Labute approximate surface area is 109 Å². The number of nitrogens with two attached hydrogens (primary N) is 1. The Hall–Kier alpha value is -1.47. The maximum atomic E-state index is 13.6. The van der Waals surface area contributed by atoms with Crippen LogP contribution in [-0.2, 0) is 0 Å². The molecular formula is C12H8F5NS. The van der Waals surface area contributed by atoms with Crippen LogP contribution in [-0.4, -0.2) is 0 Å². The third-order valence-corrected chi connectivity index (χ3v) is 3.65. The molecule has 7 heteroatoms. The average molecular weight is 293 g/mol. The Balaban J connectivity index is 2.67. The fourth-order valence-corrected chi connectivity index (χ4v) is 2.52. The zero-order valence-electron chi connectivity index (χ0n) is 9.61. The van der Waals surface area contributed by atoms with Gasteiger partial charge in [-0.05, 0) is 23.9 Å². The van der Waals surface area contributed by atoms with Crippen molar-refractivity contribution in [3.05, 3.63) is 56.5 Å². The molecule has 0 amide bonds. The molecule has 0 aliphatic rings. The molecule has 1 atom stereocenters. The van der Waals surface area contributed by atoms with Crippen LogP contribution < -0.4 is 5.73 Å². The largest absolute Gasteiger partial charge is 0.320 e. The summed E-state index contributed by atoms with van der Waals surface area (Å²) in [5.74, 6) is -9.95. The van der Waals surface area contributed by atoms with Gasteiger partial charge in [-0.2, -0.15) is 0 Å². The Morgan fingerprint density at radius 2 is 1.42 bits per heavy atom. The Kier molecular flexibility index (Phi) is 3.60. The first-order valence-corrected chi connectivity index (χ1v) is 6.05. The van der Waals surface area contributed by atoms with Crippen LogP contribution in [0.1, 0.15) is 22.0 Å². The maximum Gasteiger partial charge on any atom is 0.200 e. The van der Waals surface area contributed by atoms with Crippen molar-refractivity contribution >= 4 is 11.3 Å². The van der Waals surface area contributed by atoms with Gasteiger partial charge in [0, 0.05) is 4.88 Å². The van der Waals surface area contributed by atoms with Crippen molar-refractivity contribution < 1.29 is 22.0 Å². The topological polar surface area (TPSA) is 26.0 Å². The first kappa shape index (κ1) is 14.0. The highest BCUT2D eigenvalue weighted by Crippen LogP contribution is 2.32. The van der Waals surface area contributed by atoms with Crippen LogP contribution in [0.25, 0.3) is 0 Å². The number of hydrogen-bond acceptors (Lipinski definition) is 2. The summed E-state index contributed by atoms with van der Waals surface area (Å²) >= 11 is 1.26. The predicted octanol–water partition coefficient (Wildman–Crippen LogP) is 3.80. The van der Waals surface area contributed by atoms with Crippen molar-refractivity contribution in [2.45, 2.75) is 13.0 Å². The van der Waals surface area contributed by atoms with E-state index in [0.717, 1.165) is 0 Å². The van der Waals surface area contributed by atoms with Crippen LogP contribution in [0.2, 0.25) is 0 Å². The molecule has 1 aromatic heterocycles. The molecule has 0 fully saturated rings. The van der Waals surface area contributed by atoms with E-state index in [4.69, 9.17) is 5.73 Å². The summed E-state index contributed by atoms with van der Waals surface area (Å²) < 4.78 is 66.3. The van der Waals surface area contributed by atoms with Gasteiger partial charge in [-0.3, -0.25) is 0 Å². The summed E-state index contributed by atoms with van der Waals surface area (Å²) in [6.07, 6.45) is 0. The minimum Gasteiger partial charge on any atom is -0.320 e. The highest BCUT2D eigenvalue weighted by atomic mass is 32.1. The van der Waals surface area contributed by atoms with Crippen LogP contribution >= 0.6 is 11.3 Å². The third kappa shape index (κ3) is 2.12. The molecule has 1 heterocycles. The fraction of sp³-hybridized carbons (Fsp3) is 0.167. The normalized spacial score (nSPS) is 12.8. The number of hydrogen-bond donors (Lipinski definition) is 1. The lowest BCUT2D eigenvalue weighted by molar-refractivity contribution is 0.367. The third-order valence-electron chi connectivity index (χ3n) is 2.79. The lowest BCUT2D eigenvalue weighted by atomic mass is 9.98. The van der Waals surface area contributed by atoms with Crippen molar-refractivity contribution in [3.63, 3.8) is 0 Å². The van der Waals surface area contributed by atoms with Gasteiger partial charge >= 0.3 is 0 Å². The summed E-state index contributed by atoms with van der Waals surface area (Å²) in [5, 5.41) is 1.62. The molecule has 0 saturated heterocycles. The van der Waals surface area contributed by atoms with Crippen LogP contribution in [0, 0.1) is 36.0 Å². The van der Waals surface area contributed by atoms with E-state index in [2.05, 4.69) is 0 Å². The smallest absolute Gasteiger partial charge is 0.200 e. The van der Waals surface area contributed by atoms with E-state index in [9.17, 15) is 22.0 Å². The van der Waals surface area contributed by atoms with Gasteiger partial charge in [0.25, 0.3) is 0 Å². The molecule has 1 aromatic carbocycles. The quantitative estimate of drug-likeness (QED) is 0.509. The highest BCUT2D eigenvalue weighted by molar-refractivity contribution is 7.10. The predicted molar refractivity (Wildman–Crippen MR) is 61.3 cm³/mol. The summed E-state index contributed by atoms with van der Waals surface area (Å²) in [5.41, 5.74) is 4.93. The van der Waals surface area contributed by atoms with Crippen molar-refractivity contribution in [1.82, 2.24) is 0 Å². The molecular weight excluding hydrogens is 285 g/mol. The highest BCUT2D eigenvalue weighted by Gasteiger charge is 2.30. The van der Waals surface area contributed by atoms with Crippen molar-refractivity contribution in [1.29, 1.82) is 0 Å². The lowest BCUT2D eigenvalue weighted by Gasteiger charge is -2.15. The Bertz CT molecular complexity index is 608. The Morgan fingerprint density at radius 3 is 1.84 bits per heavy atom. The molecule has 0 aliphatic carbocycles. The minimum absolute atomic E-state index is 0.327. The zero-order valence-corrected chi connectivity index (χ0v) is 10.4. The van der Waals surface area contributed by atoms with Gasteiger partial charge in [-0.25, -0.2) is 22.0 Å². The average Bonchev–Trinajstić information content (AvgIpc) is 2.80. The summed E-state index contributed by atoms with van der Waals surface area (Å²) in [6.45, 7) is 1.64. The van der Waals surface area contributed by atoms with Gasteiger partial charge < -0.3 is 5.73 Å². The number of halogens is 5. The van der Waals surface area contributed by atoms with Crippen molar-refractivity contribution in [2.24, 2.45) is 5.73 Å². The second-order valence-electron chi connectivity index (χ2n) is 3.89. The number of aryl methyl sites for hydroxylation is 1. The van der Waals surface area contributed by atoms with Crippen LogP contribution in [0.15, 0.2) is 11.4 Å². The molecule has 0 bridgehead atoms. The van der Waals surface area contributed by atoms with Crippen molar-refractivity contribution in [3.8, 4) is 0 Å². The van der Waals surface area contributed by atoms with Gasteiger partial charge in [-0.1, -0.05) is 0 Å². The number of thiophene rings is 1. The Morgan fingerprint density at radius 1 is 0.947 bits per heavy atom. The van der Waals surface area contributed by atoms with E-state index < -0.39 is 40.7 Å². The first-order valence-electron chi connectivity index (χ1n) is 5.17. The molecule has 2 aromatic rings.